The van der Waals surface area contributed by atoms with Gasteiger partial charge in [0.1, 0.15) is 0 Å². The maximum Gasteiger partial charge on any atom is 0.336 e. The Labute approximate surface area is 136 Å². The minimum Gasteiger partial charge on any atom is -0.478 e. The number of carboxylic acid groups (broad SMARTS) is 1. The summed E-state index contributed by atoms with van der Waals surface area (Å²) in [6.45, 7) is 6.00. The van der Waals surface area contributed by atoms with Crippen molar-refractivity contribution in [1.29, 1.82) is 0 Å². The quantitative estimate of drug-likeness (QED) is 0.825. The molecule has 0 spiro atoms. The van der Waals surface area contributed by atoms with Crippen molar-refractivity contribution in [2.45, 2.75) is 18.7 Å². The van der Waals surface area contributed by atoms with E-state index >= 15 is 0 Å². The molecule has 6 nitrogen and oxygen atoms in total. The molecule has 2 heterocycles. The second kappa shape index (κ2) is 6.97. The largest absolute Gasteiger partial charge is 0.478 e. The van der Waals surface area contributed by atoms with Gasteiger partial charge in [-0.1, -0.05) is 18.2 Å². The number of piperazine rings is 1. The highest BCUT2D eigenvalue weighted by molar-refractivity contribution is 5.89. The Morgan fingerprint density at radius 2 is 1.87 bits per heavy atom. The highest BCUT2D eigenvalue weighted by atomic mass is 16.4. The van der Waals surface area contributed by atoms with Gasteiger partial charge in [-0.15, -0.1) is 0 Å². The van der Waals surface area contributed by atoms with Crippen molar-refractivity contribution in [3.05, 3.63) is 35.4 Å². The molecule has 126 valence electrons. The van der Waals surface area contributed by atoms with E-state index in [1.807, 2.05) is 12.1 Å². The minimum atomic E-state index is -0.893. The number of aliphatic hydroxyl groups excluding tert-OH is 1. The number of carbonyl (C=O) groups is 1. The van der Waals surface area contributed by atoms with E-state index in [1.54, 1.807) is 12.1 Å². The first-order valence-electron chi connectivity index (χ1n) is 8.19. The van der Waals surface area contributed by atoms with E-state index in [0.29, 0.717) is 18.7 Å². The molecule has 0 amide bonds. The van der Waals surface area contributed by atoms with Crippen molar-refractivity contribution in [2.75, 3.05) is 46.3 Å². The lowest BCUT2D eigenvalue weighted by molar-refractivity contribution is 0.0512. The number of aromatic carboxylic acids is 1. The summed E-state index contributed by atoms with van der Waals surface area (Å²) in [4.78, 5) is 18.2. The second-order valence-corrected chi connectivity index (χ2v) is 6.63. The number of hydrogen-bond donors (Lipinski definition) is 2. The lowest BCUT2D eigenvalue weighted by Gasteiger charge is -2.37. The van der Waals surface area contributed by atoms with Crippen LogP contribution in [-0.2, 0) is 6.54 Å². The van der Waals surface area contributed by atoms with E-state index < -0.39 is 5.97 Å². The van der Waals surface area contributed by atoms with Gasteiger partial charge in [-0.25, -0.2) is 4.79 Å². The predicted molar refractivity (Wildman–Crippen MR) is 87.5 cm³/mol. The van der Waals surface area contributed by atoms with Crippen molar-refractivity contribution >= 4 is 5.97 Å². The molecule has 0 bridgehead atoms. The van der Waals surface area contributed by atoms with Gasteiger partial charge in [0.2, 0.25) is 0 Å². The lowest BCUT2D eigenvalue weighted by atomic mass is 10.1. The van der Waals surface area contributed by atoms with Gasteiger partial charge < -0.3 is 15.1 Å². The Balaban J connectivity index is 1.64. The molecule has 2 N–H and O–H groups in total. The van der Waals surface area contributed by atoms with Gasteiger partial charge in [0.25, 0.3) is 0 Å². The molecule has 0 unspecified atom stereocenters. The number of rotatable bonds is 4. The molecular weight excluding hydrogens is 294 g/mol. The average Bonchev–Trinajstić information content (AvgIpc) is 2.89. The van der Waals surface area contributed by atoms with E-state index in [9.17, 15) is 15.0 Å². The fraction of sp³-hybridized carbons (Fsp3) is 0.588. The zero-order valence-electron chi connectivity index (χ0n) is 13.6. The summed E-state index contributed by atoms with van der Waals surface area (Å²) in [5.41, 5.74) is 1.16. The first-order valence-corrected chi connectivity index (χ1v) is 8.19. The molecule has 1 aromatic carbocycles. The lowest BCUT2D eigenvalue weighted by Crippen LogP contribution is -2.52. The Kier molecular flexibility index (Phi) is 4.96. The molecule has 2 saturated heterocycles. The Morgan fingerprint density at radius 1 is 1.17 bits per heavy atom. The third-order valence-electron chi connectivity index (χ3n) is 4.98. The molecule has 1 aromatic rings. The summed E-state index contributed by atoms with van der Waals surface area (Å²) in [6, 6.07) is 7.27. The molecule has 3 rings (SSSR count). The van der Waals surface area contributed by atoms with Crippen molar-refractivity contribution in [2.24, 2.45) is 0 Å². The predicted octanol–water partition coefficient (Wildman–Crippen LogP) is 0.177. The summed E-state index contributed by atoms with van der Waals surface area (Å²) in [6.07, 6.45) is -0.365. The average molecular weight is 319 g/mol. The van der Waals surface area contributed by atoms with Crippen LogP contribution >= 0.6 is 0 Å². The number of β-amino-alcohol motifs (C(OH)–C–C–N with tert-alkyl or cyclic N) is 1. The Bertz CT molecular complexity index is 558. The number of likely N-dealkylation sites (N-methyl/N-ethyl adjacent to an activating group) is 1. The summed E-state index contributed by atoms with van der Waals surface area (Å²) in [5.74, 6) is -0.893. The third-order valence-corrected chi connectivity index (χ3v) is 4.98. The van der Waals surface area contributed by atoms with Crippen molar-refractivity contribution in [3.8, 4) is 0 Å². The molecule has 0 aromatic heterocycles. The van der Waals surface area contributed by atoms with Crippen LogP contribution in [0.2, 0.25) is 0 Å². The van der Waals surface area contributed by atoms with Gasteiger partial charge in [0, 0.05) is 51.9 Å². The van der Waals surface area contributed by atoms with Crippen LogP contribution in [0.1, 0.15) is 15.9 Å². The van der Waals surface area contributed by atoms with E-state index in [-0.39, 0.29) is 12.1 Å². The molecule has 0 aliphatic carbocycles. The van der Waals surface area contributed by atoms with Crippen LogP contribution in [-0.4, -0.2) is 89.3 Å². The molecule has 2 aliphatic rings. The number of nitrogens with zero attached hydrogens (tertiary/aromatic N) is 3. The third kappa shape index (κ3) is 3.72. The highest BCUT2D eigenvalue weighted by Gasteiger charge is 2.36. The summed E-state index contributed by atoms with van der Waals surface area (Å²) in [7, 11) is 2.12. The topological polar surface area (TPSA) is 67.2 Å². The smallest absolute Gasteiger partial charge is 0.336 e. The van der Waals surface area contributed by atoms with Crippen molar-refractivity contribution in [1.82, 2.24) is 14.7 Å². The van der Waals surface area contributed by atoms with E-state index in [2.05, 4.69) is 21.7 Å². The van der Waals surface area contributed by atoms with Crippen LogP contribution in [0.5, 0.6) is 0 Å². The number of hydrogen-bond acceptors (Lipinski definition) is 5. The fourth-order valence-electron chi connectivity index (χ4n) is 3.60. The first kappa shape index (κ1) is 16.4. The van der Waals surface area contributed by atoms with Gasteiger partial charge in [0.15, 0.2) is 0 Å². The maximum absolute atomic E-state index is 11.3. The first-order chi connectivity index (χ1) is 11.0. The van der Waals surface area contributed by atoms with E-state index in [0.717, 1.165) is 38.3 Å². The number of carboxylic acids is 1. The van der Waals surface area contributed by atoms with Gasteiger partial charge in [-0.2, -0.15) is 0 Å². The van der Waals surface area contributed by atoms with Gasteiger partial charge in [-0.05, 0) is 18.7 Å². The summed E-state index contributed by atoms with van der Waals surface area (Å²) < 4.78 is 0. The van der Waals surface area contributed by atoms with Crippen molar-refractivity contribution in [3.63, 3.8) is 0 Å². The highest BCUT2D eigenvalue weighted by Crippen LogP contribution is 2.21. The minimum absolute atomic E-state index is 0.153. The monoisotopic (exact) mass is 319 g/mol. The van der Waals surface area contributed by atoms with Gasteiger partial charge in [0.05, 0.1) is 11.7 Å². The fourth-order valence-corrected chi connectivity index (χ4v) is 3.60. The second-order valence-electron chi connectivity index (χ2n) is 6.63. The SMILES string of the molecule is CN1CCN([C@H]2CN(Cc3ccccc3C(=O)O)C[C@@H]2O)CC1. The number of aliphatic hydroxyl groups is 1. The summed E-state index contributed by atoms with van der Waals surface area (Å²) >= 11 is 0. The number of likely N-dealkylation sites (tertiary alicyclic amines) is 1. The van der Waals surface area contributed by atoms with Crippen LogP contribution < -0.4 is 0 Å². The molecule has 0 radical (unpaired) electrons. The molecule has 0 saturated carbocycles. The van der Waals surface area contributed by atoms with Crippen LogP contribution in [0.25, 0.3) is 0 Å². The van der Waals surface area contributed by atoms with E-state index in [4.69, 9.17) is 0 Å². The number of benzene rings is 1. The van der Waals surface area contributed by atoms with Crippen molar-refractivity contribution < 1.29 is 15.0 Å². The molecular formula is C17H25N3O3. The zero-order valence-corrected chi connectivity index (χ0v) is 13.6. The van der Waals surface area contributed by atoms with Crippen LogP contribution in [0.3, 0.4) is 0 Å². The summed E-state index contributed by atoms with van der Waals surface area (Å²) in [5, 5.41) is 19.7. The normalized spacial score (nSPS) is 27.4. The van der Waals surface area contributed by atoms with Crippen LogP contribution in [0.15, 0.2) is 24.3 Å². The van der Waals surface area contributed by atoms with Crippen LogP contribution in [0, 0.1) is 0 Å². The van der Waals surface area contributed by atoms with Gasteiger partial charge >= 0.3 is 5.97 Å². The Morgan fingerprint density at radius 3 is 2.57 bits per heavy atom. The standard InChI is InChI=1S/C17H25N3O3/c1-18-6-8-20(9-7-18)15-11-19(12-16(15)21)10-13-4-2-3-5-14(13)17(22)23/h2-5,15-16,21H,6-12H2,1H3,(H,22,23)/t15-,16-/m0/s1. The molecule has 2 aliphatic heterocycles. The van der Waals surface area contributed by atoms with Crippen LogP contribution in [0.4, 0.5) is 0 Å². The molecule has 2 fully saturated rings. The molecule has 23 heavy (non-hydrogen) atoms. The van der Waals surface area contributed by atoms with Gasteiger partial charge in [-0.3, -0.25) is 9.80 Å². The van der Waals surface area contributed by atoms with E-state index in [1.165, 1.54) is 0 Å². The Hall–Kier alpha value is -1.47. The molecule has 6 heteroatoms. The molecule has 2 atom stereocenters. The zero-order chi connectivity index (χ0) is 16.4. The maximum atomic E-state index is 11.3.